The molecule has 0 unspecified atom stereocenters. The van der Waals surface area contributed by atoms with E-state index in [1.54, 1.807) is 24.9 Å². The fraction of sp³-hybridized carbons (Fsp3) is 0.100. The van der Waals surface area contributed by atoms with E-state index in [-0.39, 0.29) is 0 Å². The number of hydrogen-bond donors (Lipinski definition) is 0. The summed E-state index contributed by atoms with van der Waals surface area (Å²) in [5.74, 6) is 0.767. The molecule has 0 aliphatic carbocycles. The highest BCUT2D eigenvalue weighted by Gasteiger charge is 1.95. The van der Waals surface area contributed by atoms with Crippen LogP contribution in [0.4, 0.5) is 0 Å². The summed E-state index contributed by atoms with van der Waals surface area (Å²) in [5.41, 5.74) is 1.02. The Kier molecular flexibility index (Phi) is 2.27. The van der Waals surface area contributed by atoms with Gasteiger partial charge in [0.25, 0.3) is 0 Å². The SMILES string of the molecule is c1cncc(OCc2ccoc2)c1. The highest BCUT2D eigenvalue weighted by atomic mass is 16.5. The summed E-state index contributed by atoms with van der Waals surface area (Å²) in [6, 6.07) is 5.58. The Morgan fingerprint density at radius 2 is 2.38 bits per heavy atom. The Morgan fingerprint density at radius 3 is 3.08 bits per heavy atom. The van der Waals surface area contributed by atoms with Crippen molar-refractivity contribution in [2.75, 3.05) is 0 Å². The highest BCUT2D eigenvalue weighted by molar-refractivity contribution is 5.16. The Bertz CT molecular complexity index is 342. The van der Waals surface area contributed by atoms with Crippen LogP contribution in [0.25, 0.3) is 0 Å². The Morgan fingerprint density at radius 1 is 1.38 bits per heavy atom. The average Bonchev–Trinajstić information content (AvgIpc) is 2.69. The fourth-order valence-electron chi connectivity index (χ4n) is 0.974. The number of pyridine rings is 1. The van der Waals surface area contributed by atoms with Crippen molar-refractivity contribution in [3.8, 4) is 5.75 Å². The second-order valence-electron chi connectivity index (χ2n) is 2.61. The lowest BCUT2D eigenvalue weighted by atomic mass is 10.4. The Balaban J connectivity index is 1.94. The van der Waals surface area contributed by atoms with E-state index in [4.69, 9.17) is 9.15 Å². The highest BCUT2D eigenvalue weighted by Crippen LogP contribution is 2.09. The van der Waals surface area contributed by atoms with Crippen molar-refractivity contribution in [2.24, 2.45) is 0 Å². The maximum atomic E-state index is 5.43. The first kappa shape index (κ1) is 7.86. The molecule has 0 fully saturated rings. The number of hydrogen-bond acceptors (Lipinski definition) is 3. The van der Waals surface area contributed by atoms with Gasteiger partial charge >= 0.3 is 0 Å². The van der Waals surface area contributed by atoms with Gasteiger partial charge in [-0.15, -0.1) is 0 Å². The van der Waals surface area contributed by atoms with Crippen LogP contribution in [0.5, 0.6) is 5.75 Å². The Labute approximate surface area is 76.0 Å². The summed E-state index contributed by atoms with van der Waals surface area (Å²) in [6.07, 6.45) is 6.68. The maximum absolute atomic E-state index is 5.43. The number of ether oxygens (including phenoxy) is 1. The molecule has 0 amide bonds. The Hall–Kier alpha value is -1.77. The lowest BCUT2D eigenvalue weighted by molar-refractivity contribution is 0.303. The van der Waals surface area contributed by atoms with E-state index >= 15 is 0 Å². The predicted octanol–water partition coefficient (Wildman–Crippen LogP) is 2.25. The molecule has 0 N–H and O–H groups in total. The van der Waals surface area contributed by atoms with E-state index in [2.05, 4.69) is 4.98 Å². The minimum Gasteiger partial charge on any atom is -0.487 e. The maximum Gasteiger partial charge on any atom is 0.138 e. The summed E-state index contributed by atoms with van der Waals surface area (Å²) < 4.78 is 10.3. The lowest BCUT2D eigenvalue weighted by Crippen LogP contribution is -1.93. The smallest absolute Gasteiger partial charge is 0.138 e. The summed E-state index contributed by atoms with van der Waals surface area (Å²) in [7, 11) is 0. The van der Waals surface area contributed by atoms with Gasteiger partial charge in [0.15, 0.2) is 0 Å². The van der Waals surface area contributed by atoms with Crippen molar-refractivity contribution in [2.45, 2.75) is 6.61 Å². The number of rotatable bonds is 3. The monoisotopic (exact) mass is 175 g/mol. The largest absolute Gasteiger partial charge is 0.487 e. The van der Waals surface area contributed by atoms with Crippen LogP contribution in [-0.2, 0) is 6.61 Å². The molecule has 0 atom stereocenters. The van der Waals surface area contributed by atoms with E-state index < -0.39 is 0 Å². The zero-order valence-electron chi connectivity index (χ0n) is 7.01. The minimum atomic E-state index is 0.516. The van der Waals surface area contributed by atoms with Crippen molar-refractivity contribution < 1.29 is 9.15 Å². The van der Waals surface area contributed by atoms with Crippen LogP contribution in [0.2, 0.25) is 0 Å². The molecule has 3 heteroatoms. The molecular weight excluding hydrogens is 166 g/mol. The van der Waals surface area contributed by atoms with Gasteiger partial charge < -0.3 is 9.15 Å². The van der Waals surface area contributed by atoms with Gasteiger partial charge in [-0.1, -0.05) is 0 Å². The van der Waals surface area contributed by atoms with Crippen molar-refractivity contribution in [1.29, 1.82) is 0 Å². The molecule has 0 radical (unpaired) electrons. The second-order valence-corrected chi connectivity index (χ2v) is 2.61. The zero-order valence-corrected chi connectivity index (χ0v) is 7.01. The van der Waals surface area contributed by atoms with Crippen LogP contribution >= 0.6 is 0 Å². The first-order valence-corrected chi connectivity index (χ1v) is 3.99. The van der Waals surface area contributed by atoms with E-state index in [0.29, 0.717) is 6.61 Å². The van der Waals surface area contributed by atoms with Gasteiger partial charge in [-0.2, -0.15) is 0 Å². The molecule has 0 spiro atoms. The van der Waals surface area contributed by atoms with Crippen LogP contribution in [-0.4, -0.2) is 4.98 Å². The zero-order chi connectivity index (χ0) is 8.93. The molecule has 0 aliphatic rings. The van der Waals surface area contributed by atoms with Gasteiger partial charge in [0.05, 0.1) is 18.7 Å². The van der Waals surface area contributed by atoms with E-state index in [0.717, 1.165) is 11.3 Å². The lowest BCUT2D eigenvalue weighted by Gasteiger charge is -2.01. The summed E-state index contributed by atoms with van der Waals surface area (Å²) in [5, 5.41) is 0. The van der Waals surface area contributed by atoms with E-state index in [9.17, 15) is 0 Å². The van der Waals surface area contributed by atoms with Gasteiger partial charge in [0.1, 0.15) is 12.4 Å². The standard InChI is InChI=1S/C10H9NO2/c1-2-10(6-11-4-1)13-8-9-3-5-12-7-9/h1-7H,8H2. The van der Waals surface area contributed by atoms with E-state index in [1.807, 2.05) is 18.2 Å². The van der Waals surface area contributed by atoms with Gasteiger partial charge in [-0.25, -0.2) is 0 Å². The topological polar surface area (TPSA) is 35.3 Å². The van der Waals surface area contributed by atoms with Gasteiger partial charge in [0.2, 0.25) is 0 Å². The average molecular weight is 175 g/mol. The molecule has 2 rings (SSSR count). The summed E-state index contributed by atoms with van der Waals surface area (Å²) in [6.45, 7) is 0.516. The van der Waals surface area contributed by atoms with Crippen LogP contribution in [0.3, 0.4) is 0 Å². The molecule has 2 aromatic heterocycles. The van der Waals surface area contributed by atoms with Crippen LogP contribution < -0.4 is 4.74 Å². The van der Waals surface area contributed by atoms with Crippen LogP contribution in [0.1, 0.15) is 5.56 Å². The third-order valence-electron chi connectivity index (χ3n) is 1.62. The molecule has 66 valence electrons. The molecule has 0 saturated carbocycles. The van der Waals surface area contributed by atoms with Crippen LogP contribution in [0.15, 0.2) is 47.5 Å². The molecular formula is C10H9NO2. The molecule has 0 aliphatic heterocycles. The third kappa shape index (κ3) is 2.08. The first-order chi connectivity index (χ1) is 6.45. The number of furan rings is 1. The molecule has 2 heterocycles. The van der Waals surface area contributed by atoms with Crippen molar-refractivity contribution in [1.82, 2.24) is 4.98 Å². The number of aromatic nitrogens is 1. The molecule has 0 bridgehead atoms. The van der Waals surface area contributed by atoms with Gasteiger partial charge in [-0.3, -0.25) is 4.98 Å². The number of nitrogens with zero attached hydrogens (tertiary/aromatic N) is 1. The predicted molar refractivity (Wildman–Crippen MR) is 47.3 cm³/mol. The molecule has 13 heavy (non-hydrogen) atoms. The molecule has 0 aromatic carbocycles. The van der Waals surface area contributed by atoms with Crippen molar-refractivity contribution in [3.05, 3.63) is 48.7 Å². The first-order valence-electron chi connectivity index (χ1n) is 3.99. The molecule has 0 saturated heterocycles. The van der Waals surface area contributed by atoms with Crippen molar-refractivity contribution in [3.63, 3.8) is 0 Å². The second kappa shape index (κ2) is 3.76. The molecule has 3 nitrogen and oxygen atoms in total. The normalized spacial score (nSPS) is 9.85. The minimum absolute atomic E-state index is 0.516. The van der Waals surface area contributed by atoms with Crippen LogP contribution in [0, 0.1) is 0 Å². The quantitative estimate of drug-likeness (QED) is 0.717. The van der Waals surface area contributed by atoms with Crippen molar-refractivity contribution >= 4 is 0 Å². The molecule has 2 aromatic rings. The fourth-order valence-corrected chi connectivity index (χ4v) is 0.974. The van der Waals surface area contributed by atoms with E-state index in [1.165, 1.54) is 0 Å². The van der Waals surface area contributed by atoms with Gasteiger partial charge in [0, 0.05) is 11.8 Å². The summed E-state index contributed by atoms with van der Waals surface area (Å²) in [4.78, 5) is 3.94. The van der Waals surface area contributed by atoms with Gasteiger partial charge in [-0.05, 0) is 18.2 Å². The summed E-state index contributed by atoms with van der Waals surface area (Å²) >= 11 is 0. The third-order valence-corrected chi connectivity index (χ3v) is 1.62.